The number of hydrogen-bond acceptors (Lipinski definition) is 3. The Hall–Kier alpha value is -0.371. The van der Waals surface area contributed by atoms with Crippen LogP contribution in [0.4, 0.5) is 0 Å². The van der Waals surface area contributed by atoms with E-state index in [9.17, 15) is 4.57 Å². The molecule has 0 heterocycles. The van der Waals surface area contributed by atoms with E-state index in [0.717, 1.165) is 8.67 Å². The van der Waals surface area contributed by atoms with Gasteiger partial charge in [-0.3, -0.25) is 0 Å². The zero-order valence-corrected chi connectivity index (χ0v) is 13.6. The van der Waals surface area contributed by atoms with E-state index in [1.165, 1.54) is 0 Å². The van der Waals surface area contributed by atoms with Crippen molar-refractivity contribution in [3.05, 3.63) is 40.6 Å². The summed E-state index contributed by atoms with van der Waals surface area (Å²) in [6.07, 6.45) is 1.86. The zero-order chi connectivity index (χ0) is 13.4. The van der Waals surface area contributed by atoms with Crippen LogP contribution in [0.5, 0.6) is 0 Å². The number of allylic oxidation sites excluding steroid dienone is 1. The molecule has 1 rings (SSSR count). The predicted octanol–water partition coefficient (Wildman–Crippen LogP) is 3.14. The summed E-state index contributed by atoms with van der Waals surface area (Å²) >= 11 is -0.0319. The summed E-state index contributed by atoms with van der Waals surface area (Å²) in [5.41, 5.74) is 0. The van der Waals surface area contributed by atoms with E-state index in [1.807, 2.05) is 57.2 Å². The van der Waals surface area contributed by atoms with Crippen LogP contribution < -0.4 is 4.46 Å². The first-order valence-corrected chi connectivity index (χ1v) is 9.20. The first-order valence-electron chi connectivity index (χ1n) is 5.95. The van der Waals surface area contributed by atoms with E-state index >= 15 is 0 Å². The molecule has 100 valence electrons. The second kappa shape index (κ2) is 7.93. The summed E-state index contributed by atoms with van der Waals surface area (Å²) in [5.74, 6) is 0. The normalized spacial score (nSPS) is 12.7. The topological polar surface area (TPSA) is 35.5 Å². The minimum atomic E-state index is -3.11. The van der Waals surface area contributed by atoms with Gasteiger partial charge in [-0.25, -0.2) is 0 Å². The van der Waals surface area contributed by atoms with Gasteiger partial charge < -0.3 is 0 Å². The molecule has 0 atom stereocenters. The van der Waals surface area contributed by atoms with E-state index in [-0.39, 0.29) is 15.0 Å². The van der Waals surface area contributed by atoms with Gasteiger partial charge in [-0.1, -0.05) is 0 Å². The predicted molar refractivity (Wildman–Crippen MR) is 76.4 cm³/mol. The maximum absolute atomic E-state index is 12.7. The number of hydrogen-bond donors (Lipinski definition) is 0. The van der Waals surface area contributed by atoms with Crippen LogP contribution in [0, 0.1) is 0 Å². The van der Waals surface area contributed by atoms with Gasteiger partial charge in [-0.15, -0.1) is 0 Å². The SMILES string of the molecule is C/C=C(/[Se]c1ccccc1)P(=O)(OCC)OCC. The van der Waals surface area contributed by atoms with Crippen molar-refractivity contribution in [2.75, 3.05) is 13.2 Å². The first-order chi connectivity index (χ1) is 8.66. The fourth-order valence-corrected chi connectivity index (χ4v) is 6.11. The van der Waals surface area contributed by atoms with Crippen molar-refractivity contribution in [2.45, 2.75) is 20.8 Å². The Kier molecular flexibility index (Phi) is 6.91. The Morgan fingerprint density at radius 3 is 2.22 bits per heavy atom. The van der Waals surface area contributed by atoms with Gasteiger partial charge in [0.1, 0.15) is 0 Å². The van der Waals surface area contributed by atoms with Crippen molar-refractivity contribution in [1.82, 2.24) is 0 Å². The molecule has 0 aliphatic rings. The van der Waals surface area contributed by atoms with Gasteiger partial charge >= 0.3 is 115 Å². The van der Waals surface area contributed by atoms with Crippen LogP contribution in [-0.4, -0.2) is 28.2 Å². The van der Waals surface area contributed by atoms with Gasteiger partial charge in [0, 0.05) is 0 Å². The van der Waals surface area contributed by atoms with E-state index < -0.39 is 7.60 Å². The summed E-state index contributed by atoms with van der Waals surface area (Å²) in [6, 6.07) is 10.0. The molecule has 0 aliphatic heterocycles. The summed E-state index contributed by atoms with van der Waals surface area (Å²) in [4.78, 5) is 0. The van der Waals surface area contributed by atoms with Crippen LogP contribution in [0.1, 0.15) is 20.8 Å². The second-order valence-corrected chi connectivity index (χ2v) is 8.39. The van der Waals surface area contributed by atoms with Gasteiger partial charge in [0.05, 0.1) is 0 Å². The van der Waals surface area contributed by atoms with E-state index in [1.54, 1.807) is 0 Å². The third-order valence-electron chi connectivity index (χ3n) is 2.08. The number of benzene rings is 1. The fraction of sp³-hybridized carbons (Fsp3) is 0.385. The third-order valence-corrected chi connectivity index (χ3v) is 7.96. The molecule has 3 nitrogen and oxygen atoms in total. The second-order valence-electron chi connectivity index (χ2n) is 3.38. The van der Waals surface area contributed by atoms with Crippen LogP contribution >= 0.6 is 7.60 Å². The van der Waals surface area contributed by atoms with Crippen LogP contribution in [0.15, 0.2) is 40.6 Å². The molecule has 1 aromatic rings. The molecule has 0 fully saturated rings. The zero-order valence-electron chi connectivity index (χ0n) is 11.0. The van der Waals surface area contributed by atoms with Gasteiger partial charge in [0.25, 0.3) is 0 Å². The molecule has 0 radical (unpaired) electrons. The molecular weight excluding hydrogens is 314 g/mol. The fourth-order valence-electron chi connectivity index (χ4n) is 1.39. The van der Waals surface area contributed by atoms with Crippen molar-refractivity contribution in [3.63, 3.8) is 0 Å². The summed E-state index contributed by atoms with van der Waals surface area (Å²) < 4.78 is 25.4. The third kappa shape index (κ3) is 4.38. The van der Waals surface area contributed by atoms with E-state index in [0.29, 0.717) is 13.2 Å². The van der Waals surface area contributed by atoms with Gasteiger partial charge in [-0.2, -0.15) is 0 Å². The Bertz CT molecular complexity index is 421. The van der Waals surface area contributed by atoms with Gasteiger partial charge in [0.2, 0.25) is 0 Å². The van der Waals surface area contributed by atoms with Crippen LogP contribution in [0.25, 0.3) is 0 Å². The minimum absolute atomic E-state index is 0.0319. The van der Waals surface area contributed by atoms with Crippen molar-refractivity contribution in [1.29, 1.82) is 0 Å². The average molecular weight is 333 g/mol. The molecule has 0 unspecified atom stereocenters. The first kappa shape index (κ1) is 15.7. The molecular formula is C13H19O3PSe. The molecule has 5 heteroatoms. The van der Waals surface area contributed by atoms with Gasteiger partial charge in [0.15, 0.2) is 0 Å². The Morgan fingerprint density at radius 1 is 1.22 bits per heavy atom. The monoisotopic (exact) mass is 334 g/mol. The maximum atomic E-state index is 12.7. The summed E-state index contributed by atoms with van der Waals surface area (Å²) in [6.45, 7) is 6.31. The summed E-state index contributed by atoms with van der Waals surface area (Å²) in [5, 5.41) is 0. The molecule has 18 heavy (non-hydrogen) atoms. The molecule has 0 aliphatic carbocycles. The van der Waals surface area contributed by atoms with Crippen molar-refractivity contribution >= 4 is 27.0 Å². The standard InChI is InChI=1S/C13H19O3PSe/c1-4-13(17(14,15-5-2)16-6-3)18-12-10-8-7-9-11-12/h4,7-11H,5-6H2,1-3H3/b13-4+. The van der Waals surface area contributed by atoms with Crippen molar-refractivity contribution in [3.8, 4) is 0 Å². The van der Waals surface area contributed by atoms with E-state index in [4.69, 9.17) is 9.05 Å². The molecule has 0 spiro atoms. The van der Waals surface area contributed by atoms with Crippen molar-refractivity contribution in [2.24, 2.45) is 0 Å². The van der Waals surface area contributed by atoms with Crippen LogP contribution in [-0.2, 0) is 13.6 Å². The molecule has 0 aromatic heterocycles. The molecule has 0 bridgehead atoms. The summed E-state index contributed by atoms with van der Waals surface area (Å²) in [7, 11) is -3.11. The van der Waals surface area contributed by atoms with E-state index in [2.05, 4.69) is 0 Å². The number of rotatable bonds is 7. The molecule has 0 saturated carbocycles. The molecule has 1 aromatic carbocycles. The Labute approximate surface area is 115 Å². The van der Waals surface area contributed by atoms with Crippen LogP contribution in [0.2, 0.25) is 0 Å². The molecule has 0 N–H and O–H groups in total. The average Bonchev–Trinajstić information content (AvgIpc) is 2.37. The van der Waals surface area contributed by atoms with Gasteiger partial charge in [-0.05, 0) is 0 Å². The van der Waals surface area contributed by atoms with Crippen LogP contribution in [0.3, 0.4) is 0 Å². The molecule has 0 amide bonds. The van der Waals surface area contributed by atoms with Crippen molar-refractivity contribution < 1.29 is 13.6 Å². The Balaban J connectivity index is 2.91. The molecule has 0 saturated heterocycles. The Morgan fingerprint density at radius 2 is 1.78 bits per heavy atom. The quantitative estimate of drug-likeness (QED) is 0.568.